The van der Waals surface area contributed by atoms with Gasteiger partial charge in [-0.05, 0) is 12.1 Å². The molecule has 0 N–H and O–H groups in total. The van der Waals surface area contributed by atoms with E-state index in [0.717, 1.165) is 5.75 Å². The molecule has 0 atom stereocenters. The normalized spacial score (nSPS) is 10.3. The maximum Gasteiger partial charge on any atom is 0.284 e. The van der Waals surface area contributed by atoms with Crippen molar-refractivity contribution in [1.82, 2.24) is 10.2 Å². The number of ether oxygens (including phenoxy) is 1. The van der Waals surface area contributed by atoms with Gasteiger partial charge in [0.1, 0.15) is 5.75 Å². The molecule has 0 fully saturated rings. The number of aromatic nitrogens is 2. The number of rotatable bonds is 6. The first-order valence-corrected chi connectivity index (χ1v) is 5.83. The fraction of sp³-hybridized carbons (Fsp3) is 0.308. The van der Waals surface area contributed by atoms with Gasteiger partial charge in [0, 0.05) is 6.42 Å². The maximum absolute atomic E-state index is 11.7. The van der Waals surface area contributed by atoms with Gasteiger partial charge in [0.05, 0.1) is 13.0 Å². The number of benzene rings is 1. The zero-order valence-corrected chi connectivity index (χ0v) is 10.1. The van der Waals surface area contributed by atoms with E-state index in [2.05, 4.69) is 10.2 Å². The Bertz CT molecular complexity index is 508. The maximum atomic E-state index is 11.7. The minimum Gasteiger partial charge on any atom is -0.493 e. The summed E-state index contributed by atoms with van der Waals surface area (Å²) in [7, 11) is 0. The van der Waals surface area contributed by atoms with E-state index in [0.29, 0.717) is 18.9 Å². The van der Waals surface area contributed by atoms with Crippen LogP contribution in [0.25, 0.3) is 0 Å². The topological polar surface area (TPSA) is 65.2 Å². The fourth-order valence-corrected chi connectivity index (χ4v) is 1.39. The predicted octanol–water partition coefficient (Wildman–Crippen LogP) is 2.28. The van der Waals surface area contributed by atoms with E-state index in [1.165, 1.54) is 0 Å². The summed E-state index contributed by atoms with van der Waals surface area (Å²) < 4.78 is 10.6. The zero-order chi connectivity index (χ0) is 12.8. The largest absolute Gasteiger partial charge is 0.493 e. The van der Waals surface area contributed by atoms with Crippen molar-refractivity contribution in [2.24, 2.45) is 0 Å². The highest BCUT2D eigenvalue weighted by Crippen LogP contribution is 2.09. The molecule has 5 nitrogen and oxygen atoms in total. The quantitative estimate of drug-likeness (QED) is 0.731. The van der Waals surface area contributed by atoms with Gasteiger partial charge in [0.2, 0.25) is 11.7 Å². The standard InChI is InChI=1S/C13H14N2O3/c1-2-12-14-15-13(18-12)11(16)8-9-17-10-6-4-3-5-7-10/h3-7H,2,8-9H2,1H3. The number of hydrogen-bond donors (Lipinski definition) is 0. The number of Topliss-reactive ketones (excluding diaryl/α,β-unsaturated/α-hetero) is 1. The first-order chi connectivity index (χ1) is 8.79. The summed E-state index contributed by atoms with van der Waals surface area (Å²) in [6.07, 6.45) is 0.848. The Labute approximate surface area is 105 Å². The second-order valence-electron chi connectivity index (χ2n) is 3.69. The van der Waals surface area contributed by atoms with Gasteiger partial charge in [0.15, 0.2) is 0 Å². The first-order valence-electron chi connectivity index (χ1n) is 5.83. The average molecular weight is 246 g/mol. The summed E-state index contributed by atoms with van der Waals surface area (Å²) in [5.74, 6) is 1.08. The monoisotopic (exact) mass is 246 g/mol. The third-order valence-electron chi connectivity index (χ3n) is 2.35. The van der Waals surface area contributed by atoms with E-state index in [1.807, 2.05) is 37.3 Å². The number of carbonyl (C=O) groups is 1. The van der Waals surface area contributed by atoms with Crippen LogP contribution in [0.4, 0.5) is 0 Å². The van der Waals surface area contributed by atoms with Crippen LogP contribution in [0.1, 0.15) is 29.9 Å². The summed E-state index contributed by atoms with van der Waals surface area (Å²) in [6.45, 7) is 2.19. The molecule has 0 aliphatic heterocycles. The first kappa shape index (κ1) is 12.3. The Morgan fingerprint density at radius 3 is 2.72 bits per heavy atom. The van der Waals surface area contributed by atoms with Crippen molar-refractivity contribution in [3.63, 3.8) is 0 Å². The number of carbonyl (C=O) groups excluding carboxylic acids is 1. The molecule has 0 bridgehead atoms. The van der Waals surface area contributed by atoms with Crippen molar-refractivity contribution < 1.29 is 13.9 Å². The summed E-state index contributed by atoms with van der Waals surface area (Å²) in [4.78, 5) is 11.7. The molecule has 0 amide bonds. The highest BCUT2D eigenvalue weighted by molar-refractivity contribution is 5.91. The van der Waals surface area contributed by atoms with Crippen LogP contribution in [-0.4, -0.2) is 22.6 Å². The molecule has 5 heteroatoms. The molecule has 2 aromatic rings. The van der Waals surface area contributed by atoms with Crippen molar-refractivity contribution in [2.45, 2.75) is 19.8 Å². The van der Waals surface area contributed by atoms with Gasteiger partial charge >= 0.3 is 0 Å². The molecule has 0 aliphatic rings. The number of aryl methyl sites for hydroxylation is 1. The molecule has 0 aliphatic carbocycles. The van der Waals surface area contributed by atoms with Crippen LogP contribution in [0, 0.1) is 0 Å². The molecular weight excluding hydrogens is 232 g/mol. The van der Waals surface area contributed by atoms with Gasteiger partial charge in [-0.2, -0.15) is 0 Å². The van der Waals surface area contributed by atoms with Crippen molar-refractivity contribution in [1.29, 1.82) is 0 Å². The fourth-order valence-electron chi connectivity index (χ4n) is 1.39. The highest BCUT2D eigenvalue weighted by Gasteiger charge is 2.13. The minimum absolute atomic E-state index is 0.0588. The van der Waals surface area contributed by atoms with Crippen molar-refractivity contribution >= 4 is 5.78 Å². The average Bonchev–Trinajstić information content (AvgIpc) is 2.89. The van der Waals surface area contributed by atoms with Gasteiger partial charge in [-0.1, -0.05) is 25.1 Å². The van der Waals surface area contributed by atoms with Crippen LogP contribution in [0.2, 0.25) is 0 Å². The SMILES string of the molecule is CCc1nnc(C(=O)CCOc2ccccc2)o1. The van der Waals surface area contributed by atoms with Crippen molar-refractivity contribution in [3.8, 4) is 5.75 Å². The number of hydrogen-bond acceptors (Lipinski definition) is 5. The van der Waals surface area contributed by atoms with Gasteiger partial charge in [-0.3, -0.25) is 4.79 Å². The van der Waals surface area contributed by atoms with Crippen LogP contribution in [-0.2, 0) is 6.42 Å². The van der Waals surface area contributed by atoms with E-state index in [4.69, 9.17) is 9.15 Å². The smallest absolute Gasteiger partial charge is 0.284 e. The van der Waals surface area contributed by atoms with E-state index in [1.54, 1.807) is 0 Å². The van der Waals surface area contributed by atoms with Gasteiger partial charge in [-0.15, -0.1) is 10.2 Å². The molecule has 0 unspecified atom stereocenters. The van der Waals surface area contributed by atoms with E-state index < -0.39 is 0 Å². The Kier molecular flexibility index (Phi) is 4.06. The molecule has 18 heavy (non-hydrogen) atoms. The summed E-state index contributed by atoms with van der Waals surface area (Å²) in [5.41, 5.74) is 0. The van der Waals surface area contributed by atoms with Crippen LogP contribution in [0.15, 0.2) is 34.7 Å². The van der Waals surface area contributed by atoms with Crippen molar-refractivity contribution in [3.05, 3.63) is 42.1 Å². The predicted molar refractivity (Wildman–Crippen MR) is 64.6 cm³/mol. The molecule has 2 rings (SSSR count). The summed E-state index contributed by atoms with van der Waals surface area (Å²) in [5, 5.41) is 7.43. The van der Waals surface area contributed by atoms with Crippen LogP contribution in [0.5, 0.6) is 5.75 Å². The Hall–Kier alpha value is -2.17. The zero-order valence-electron chi connectivity index (χ0n) is 10.1. The lowest BCUT2D eigenvalue weighted by Crippen LogP contribution is -2.07. The van der Waals surface area contributed by atoms with Gasteiger partial charge in [-0.25, -0.2) is 0 Å². The Morgan fingerprint density at radius 2 is 2.06 bits per heavy atom. The Balaban J connectivity index is 1.81. The lowest BCUT2D eigenvalue weighted by molar-refractivity contribution is 0.0926. The molecule has 0 saturated carbocycles. The molecule has 1 aromatic heterocycles. The lowest BCUT2D eigenvalue weighted by Gasteiger charge is -2.03. The summed E-state index contributed by atoms with van der Waals surface area (Å²) in [6, 6.07) is 9.34. The van der Waals surface area contributed by atoms with E-state index in [9.17, 15) is 4.79 Å². The van der Waals surface area contributed by atoms with Gasteiger partial charge in [0.25, 0.3) is 5.89 Å². The van der Waals surface area contributed by atoms with E-state index >= 15 is 0 Å². The molecular formula is C13H14N2O3. The molecule has 0 radical (unpaired) electrons. The molecule has 94 valence electrons. The molecule has 1 aromatic carbocycles. The highest BCUT2D eigenvalue weighted by atomic mass is 16.5. The molecule has 0 saturated heterocycles. The molecule has 0 spiro atoms. The Morgan fingerprint density at radius 1 is 1.28 bits per heavy atom. The van der Waals surface area contributed by atoms with Crippen LogP contribution in [0.3, 0.4) is 0 Å². The number of nitrogens with zero attached hydrogens (tertiary/aromatic N) is 2. The second-order valence-corrected chi connectivity index (χ2v) is 3.69. The third-order valence-corrected chi connectivity index (χ3v) is 2.35. The molecule has 1 heterocycles. The van der Waals surface area contributed by atoms with Gasteiger partial charge < -0.3 is 9.15 Å². The number of para-hydroxylation sites is 1. The number of ketones is 1. The van der Waals surface area contributed by atoms with E-state index in [-0.39, 0.29) is 18.1 Å². The van der Waals surface area contributed by atoms with Crippen LogP contribution >= 0.6 is 0 Å². The minimum atomic E-state index is -0.196. The second kappa shape index (κ2) is 5.95. The summed E-state index contributed by atoms with van der Waals surface area (Å²) >= 11 is 0. The third kappa shape index (κ3) is 3.16. The lowest BCUT2D eigenvalue weighted by atomic mass is 10.3. The van der Waals surface area contributed by atoms with Crippen LogP contribution < -0.4 is 4.74 Å². The van der Waals surface area contributed by atoms with Crippen molar-refractivity contribution in [2.75, 3.05) is 6.61 Å².